The van der Waals surface area contributed by atoms with E-state index in [0.29, 0.717) is 37.1 Å². The van der Waals surface area contributed by atoms with Gasteiger partial charge in [0, 0.05) is 19.2 Å². The summed E-state index contributed by atoms with van der Waals surface area (Å²) in [7, 11) is 0. The molecular weight excluding hydrogens is 340 g/mol. The first-order chi connectivity index (χ1) is 12.4. The Labute approximate surface area is 150 Å². The minimum absolute atomic E-state index is 0.0821. The van der Waals surface area contributed by atoms with Gasteiger partial charge in [0.2, 0.25) is 5.89 Å². The summed E-state index contributed by atoms with van der Waals surface area (Å²) in [5.41, 5.74) is 6.07. The fourth-order valence-corrected chi connectivity index (χ4v) is 2.23. The van der Waals surface area contributed by atoms with Crippen LogP contribution in [0.15, 0.2) is 29.0 Å². The number of nitro groups is 1. The van der Waals surface area contributed by atoms with Crippen molar-refractivity contribution in [1.29, 1.82) is 0 Å². The lowest BCUT2D eigenvalue weighted by Gasteiger charge is -2.09. The van der Waals surface area contributed by atoms with Gasteiger partial charge >= 0.3 is 0 Å². The van der Waals surface area contributed by atoms with Crippen LogP contribution in [0.3, 0.4) is 0 Å². The molecule has 4 N–H and O–H groups in total. The highest BCUT2D eigenvalue weighted by molar-refractivity contribution is 5.91. The van der Waals surface area contributed by atoms with Gasteiger partial charge in [0.15, 0.2) is 5.69 Å². The van der Waals surface area contributed by atoms with Gasteiger partial charge in [-0.3, -0.25) is 14.9 Å². The van der Waals surface area contributed by atoms with Gasteiger partial charge in [-0.2, -0.15) is 0 Å². The molecule has 10 nitrogen and oxygen atoms in total. The van der Waals surface area contributed by atoms with Crippen molar-refractivity contribution in [3.8, 4) is 0 Å². The Bertz CT molecular complexity index is 743. The molecule has 26 heavy (non-hydrogen) atoms. The summed E-state index contributed by atoms with van der Waals surface area (Å²) in [6.45, 7) is 4.80. The molecule has 1 amide bonds. The average molecular weight is 362 g/mol. The summed E-state index contributed by atoms with van der Waals surface area (Å²) >= 11 is 0. The molecule has 0 saturated heterocycles. The zero-order valence-corrected chi connectivity index (χ0v) is 14.6. The van der Waals surface area contributed by atoms with Crippen molar-refractivity contribution >= 4 is 17.4 Å². The van der Waals surface area contributed by atoms with Crippen LogP contribution in [0.25, 0.3) is 0 Å². The highest BCUT2D eigenvalue weighted by Crippen LogP contribution is 2.18. The fourth-order valence-electron chi connectivity index (χ4n) is 2.23. The number of hydrogen-bond acceptors (Lipinski definition) is 8. The van der Waals surface area contributed by atoms with E-state index >= 15 is 0 Å². The summed E-state index contributed by atoms with van der Waals surface area (Å²) in [4.78, 5) is 30.1. The molecule has 0 aromatic carbocycles. The number of pyridine rings is 1. The standard InChI is InChI=1S/C16H22N6O4/c1-10(2)7-12(17)16-21-13(9-26-16)15(23)19-6-5-18-14-4-3-11(8-20-14)22(24)25/h3-4,8-10,12H,5-7,17H2,1-2H3,(H,18,20)(H,19,23). The van der Waals surface area contributed by atoms with E-state index in [4.69, 9.17) is 10.2 Å². The van der Waals surface area contributed by atoms with Gasteiger partial charge < -0.3 is 20.8 Å². The van der Waals surface area contributed by atoms with E-state index in [2.05, 4.69) is 20.6 Å². The summed E-state index contributed by atoms with van der Waals surface area (Å²) in [5.74, 6) is 0.855. The summed E-state index contributed by atoms with van der Waals surface area (Å²) in [6.07, 6.45) is 3.17. The predicted octanol–water partition coefficient (Wildman–Crippen LogP) is 1.87. The molecule has 0 fully saturated rings. The lowest BCUT2D eigenvalue weighted by molar-refractivity contribution is -0.385. The maximum absolute atomic E-state index is 12.0. The summed E-state index contributed by atoms with van der Waals surface area (Å²) in [5, 5.41) is 16.2. The van der Waals surface area contributed by atoms with Crippen molar-refractivity contribution in [2.24, 2.45) is 11.7 Å². The molecule has 0 bridgehead atoms. The van der Waals surface area contributed by atoms with Crippen molar-refractivity contribution in [2.75, 3.05) is 18.4 Å². The van der Waals surface area contributed by atoms with Crippen molar-refractivity contribution in [3.05, 3.63) is 46.3 Å². The van der Waals surface area contributed by atoms with Gasteiger partial charge in [0.25, 0.3) is 11.6 Å². The van der Waals surface area contributed by atoms with E-state index in [-0.39, 0.29) is 23.3 Å². The highest BCUT2D eigenvalue weighted by atomic mass is 16.6. The lowest BCUT2D eigenvalue weighted by atomic mass is 10.0. The van der Waals surface area contributed by atoms with E-state index in [1.807, 2.05) is 13.8 Å². The largest absolute Gasteiger partial charge is 0.446 e. The Kier molecular flexibility index (Phi) is 6.61. The van der Waals surface area contributed by atoms with Gasteiger partial charge in [0.05, 0.1) is 11.0 Å². The zero-order chi connectivity index (χ0) is 19.1. The number of nitrogens with one attached hydrogen (secondary N) is 2. The van der Waals surface area contributed by atoms with Crippen LogP contribution in [0.4, 0.5) is 11.5 Å². The number of nitrogens with zero attached hydrogens (tertiary/aromatic N) is 3. The van der Waals surface area contributed by atoms with Gasteiger partial charge in [-0.25, -0.2) is 9.97 Å². The van der Waals surface area contributed by atoms with Gasteiger partial charge in [-0.15, -0.1) is 0 Å². The van der Waals surface area contributed by atoms with E-state index in [1.165, 1.54) is 18.4 Å². The molecule has 0 aliphatic heterocycles. The number of carbonyl (C=O) groups is 1. The number of nitrogens with two attached hydrogens (primary N) is 1. The van der Waals surface area contributed by atoms with E-state index in [9.17, 15) is 14.9 Å². The molecule has 0 aliphatic rings. The second kappa shape index (κ2) is 8.90. The number of oxazole rings is 1. The van der Waals surface area contributed by atoms with E-state index < -0.39 is 4.92 Å². The molecule has 0 aliphatic carbocycles. The van der Waals surface area contributed by atoms with E-state index in [1.54, 1.807) is 0 Å². The fraction of sp³-hybridized carbons (Fsp3) is 0.438. The number of anilines is 1. The Balaban J connectivity index is 1.76. The molecule has 1 atom stereocenters. The third-order valence-corrected chi connectivity index (χ3v) is 3.47. The number of carbonyl (C=O) groups excluding carboxylic acids is 1. The van der Waals surface area contributed by atoms with Gasteiger partial charge in [0.1, 0.15) is 18.3 Å². The van der Waals surface area contributed by atoms with Gasteiger partial charge in [-0.1, -0.05) is 13.8 Å². The zero-order valence-electron chi connectivity index (χ0n) is 14.6. The first-order valence-electron chi connectivity index (χ1n) is 8.20. The smallest absolute Gasteiger partial charge is 0.287 e. The molecule has 2 aromatic rings. The molecule has 2 heterocycles. The van der Waals surface area contributed by atoms with Crippen LogP contribution >= 0.6 is 0 Å². The molecule has 2 rings (SSSR count). The highest BCUT2D eigenvalue weighted by Gasteiger charge is 2.17. The minimum Gasteiger partial charge on any atom is -0.446 e. The van der Waals surface area contributed by atoms with Crippen LogP contribution in [0.1, 0.15) is 42.7 Å². The predicted molar refractivity (Wildman–Crippen MR) is 94.6 cm³/mol. The van der Waals surface area contributed by atoms with Crippen molar-refractivity contribution in [3.63, 3.8) is 0 Å². The van der Waals surface area contributed by atoms with Crippen LogP contribution in [0, 0.1) is 16.0 Å². The quantitative estimate of drug-likeness (QED) is 0.347. The molecule has 0 spiro atoms. The topological polar surface area (TPSA) is 149 Å². The van der Waals surface area contributed by atoms with Gasteiger partial charge in [-0.05, 0) is 18.4 Å². The SMILES string of the molecule is CC(C)CC(N)c1nc(C(=O)NCCNc2ccc([N+](=O)[O-])cn2)co1. The summed E-state index contributed by atoms with van der Waals surface area (Å²) in [6, 6.07) is 2.51. The van der Waals surface area contributed by atoms with Crippen molar-refractivity contribution < 1.29 is 14.1 Å². The van der Waals surface area contributed by atoms with Crippen molar-refractivity contribution in [1.82, 2.24) is 15.3 Å². The Morgan fingerprint density at radius 3 is 2.77 bits per heavy atom. The van der Waals surface area contributed by atoms with Crippen molar-refractivity contribution in [2.45, 2.75) is 26.3 Å². The summed E-state index contributed by atoms with van der Waals surface area (Å²) < 4.78 is 5.28. The number of hydrogen-bond donors (Lipinski definition) is 3. The van der Waals surface area contributed by atoms with Crippen LogP contribution in [-0.2, 0) is 0 Å². The lowest BCUT2D eigenvalue weighted by Crippen LogP contribution is -2.29. The van der Waals surface area contributed by atoms with Crippen LogP contribution in [0.5, 0.6) is 0 Å². The van der Waals surface area contributed by atoms with Crippen LogP contribution in [-0.4, -0.2) is 33.9 Å². The molecular formula is C16H22N6O4. The van der Waals surface area contributed by atoms with Crippen LogP contribution < -0.4 is 16.4 Å². The monoisotopic (exact) mass is 362 g/mol. The number of rotatable bonds is 9. The van der Waals surface area contributed by atoms with Crippen LogP contribution in [0.2, 0.25) is 0 Å². The molecule has 1 unspecified atom stereocenters. The second-order valence-electron chi connectivity index (χ2n) is 6.15. The first kappa shape index (κ1) is 19.3. The number of aromatic nitrogens is 2. The minimum atomic E-state index is -0.518. The Morgan fingerprint density at radius 2 is 2.15 bits per heavy atom. The molecule has 0 saturated carbocycles. The maximum atomic E-state index is 12.0. The third kappa shape index (κ3) is 5.52. The third-order valence-electron chi connectivity index (χ3n) is 3.47. The first-order valence-corrected chi connectivity index (χ1v) is 8.20. The normalized spacial score (nSPS) is 12.0. The Morgan fingerprint density at radius 1 is 1.38 bits per heavy atom. The Hall–Kier alpha value is -3.01. The van der Waals surface area contributed by atoms with E-state index in [0.717, 1.165) is 6.20 Å². The molecule has 140 valence electrons. The number of amides is 1. The molecule has 2 aromatic heterocycles. The average Bonchev–Trinajstić information content (AvgIpc) is 3.08. The maximum Gasteiger partial charge on any atom is 0.287 e. The second-order valence-corrected chi connectivity index (χ2v) is 6.15. The molecule has 0 radical (unpaired) electrons. The molecule has 10 heteroatoms.